The summed E-state index contributed by atoms with van der Waals surface area (Å²) in [4.78, 5) is 28.9. The fourth-order valence-corrected chi connectivity index (χ4v) is 2.30. The highest BCUT2D eigenvalue weighted by Crippen LogP contribution is 2.27. The van der Waals surface area contributed by atoms with Gasteiger partial charge in [-0.2, -0.15) is 0 Å². The third-order valence-electron chi connectivity index (χ3n) is 3.53. The maximum atomic E-state index is 12.4. The van der Waals surface area contributed by atoms with E-state index in [-0.39, 0.29) is 5.56 Å². The first-order valence-electron chi connectivity index (χ1n) is 7.14. The number of nitrogens with one attached hydrogen (secondary N) is 1. The third-order valence-corrected chi connectivity index (χ3v) is 3.53. The number of rotatable bonds is 4. The van der Waals surface area contributed by atoms with Gasteiger partial charge in [0.25, 0.3) is 11.5 Å². The first-order valence-corrected chi connectivity index (χ1v) is 7.14. The maximum Gasteiger partial charge on any atom is 0.280 e. The van der Waals surface area contributed by atoms with Gasteiger partial charge < -0.3 is 9.47 Å². The van der Waals surface area contributed by atoms with Gasteiger partial charge in [0.1, 0.15) is 6.33 Å². The first-order chi connectivity index (χ1) is 11.6. The van der Waals surface area contributed by atoms with Gasteiger partial charge in [0.2, 0.25) is 0 Å². The summed E-state index contributed by atoms with van der Waals surface area (Å²) < 4.78 is 11.4. The Morgan fingerprint density at radius 1 is 1.08 bits per heavy atom. The summed E-state index contributed by atoms with van der Waals surface area (Å²) in [5.74, 6) is 0.475. The van der Waals surface area contributed by atoms with Crippen molar-refractivity contribution in [2.24, 2.45) is 0 Å². The second-order valence-electron chi connectivity index (χ2n) is 4.95. The van der Waals surface area contributed by atoms with E-state index in [2.05, 4.69) is 10.4 Å². The van der Waals surface area contributed by atoms with E-state index < -0.39 is 5.91 Å². The van der Waals surface area contributed by atoms with Crippen molar-refractivity contribution in [2.75, 3.05) is 19.6 Å². The Hall–Kier alpha value is -3.35. The summed E-state index contributed by atoms with van der Waals surface area (Å²) in [6, 6.07) is 11.7. The van der Waals surface area contributed by atoms with Crippen LogP contribution in [-0.2, 0) is 0 Å². The quantitative estimate of drug-likeness (QED) is 0.791. The lowest BCUT2D eigenvalue weighted by molar-refractivity contribution is 0.101. The Morgan fingerprint density at radius 2 is 1.83 bits per heavy atom. The second-order valence-corrected chi connectivity index (χ2v) is 4.95. The standard InChI is InChI=1S/C17H15N3O4/c1-23-14-8-7-11(9-15(14)24-2)16(21)19-20-10-18-13-6-4-3-5-12(13)17(20)22/h3-10H,1-2H3,(H,19,21). The van der Waals surface area contributed by atoms with Crippen LogP contribution in [0, 0.1) is 0 Å². The lowest BCUT2D eigenvalue weighted by Crippen LogP contribution is -2.33. The number of amides is 1. The number of hydrogen-bond donors (Lipinski definition) is 1. The zero-order valence-electron chi connectivity index (χ0n) is 13.1. The van der Waals surface area contributed by atoms with Crippen LogP contribution in [0.25, 0.3) is 10.9 Å². The van der Waals surface area contributed by atoms with Crippen molar-refractivity contribution in [1.82, 2.24) is 9.66 Å². The number of benzene rings is 2. The van der Waals surface area contributed by atoms with Crippen LogP contribution in [0.2, 0.25) is 0 Å². The van der Waals surface area contributed by atoms with Gasteiger partial charge >= 0.3 is 0 Å². The predicted molar refractivity (Wildman–Crippen MR) is 89.2 cm³/mol. The van der Waals surface area contributed by atoms with Crippen LogP contribution in [0.1, 0.15) is 10.4 Å². The van der Waals surface area contributed by atoms with E-state index in [9.17, 15) is 9.59 Å². The lowest BCUT2D eigenvalue weighted by Gasteiger charge is -2.11. The average molecular weight is 325 g/mol. The molecule has 0 aliphatic heterocycles. The number of methoxy groups -OCH3 is 2. The van der Waals surface area contributed by atoms with Gasteiger partial charge in [-0.25, -0.2) is 9.66 Å². The number of aromatic nitrogens is 2. The molecule has 0 unspecified atom stereocenters. The van der Waals surface area contributed by atoms with Gasteiger partial charge in [0, 0.05) is 5.56 Å². The van der Waals surface area contributed by atoms with Gasteiger partial charge in [-0.05, 0) is 30.3 Å². The summed E-state index contributed by atoms with van der Waals surface area (Å²) >= 11 is 0. The van der Waals surface area contributed by atoms with Crippen molar-refractivity contribution in [3.8, 4) is 11.5 Å². The molecule has 0 spiro atoms. The molecular formula is C17H15N3O4. The third kappa shape index (κ3) is 2.79. The molecule has 1 aromatic heterocycles. The van der Waals surface area contributed by atoms with Crippen LogP contribution in [0.3, 0.4) is 0 Å². The van der Waals surface area contributed by atoms with Crippen LogP contribution in [0.5, 0.6) is 11.5 Å². The zero-order valence-corrected chi connectivity index (χ0v) is 13.1. The molecule has 3 aromatic rings. The van der Waals surface area contributed by atoms with E-state index in [4.69, 9.17) is 9.47 Å². The molecule has 0 bridgehead atoms. The maximum absolute atomic E-state index is 12.4. The van der Waals surface area contributed by atoms with Crippen molar-refractivity contribution < 1.29 is 14.3 Å². The summed E-state index contributed by atoms with van der Waals surface area (Å²) in [5.41, 5.74) is 3.06. The number of fused-ring (bicyclic) bond motifs is 1. The normalized spacial score (nSPS) is 10.4. The number of nitrogens with zero attached hydrogens (tertiary/aromatic N) is 2. The number of carbonyl (C=O) groups is 1. The van der Waals surface area contributed by atoms with Gasteiger partial charge in [0.05, 0.1) is 25.1 Å². The molecule has 0 saturated carbocycles. The van der Waals surface area contributed by atoms with E-state index in [1.165, 1.54) is 26.6 Å². The Kier molecular flexibility index (Phi) is 4.15. The van der Waals surface area contributed by atoms with E-state index >= 15 is 0 Å². The lowest BCUT2D eigenvalue weighted by atomic mass is 10.2. The van der Waals surface area contributed by atoms with Crippen molar-refractivity contribution >= 4 is 16.8 Å². The molecule has 122 valence electrons. The highest BCUT2D eigenvalue weighted by Gasteiger charge is 2.12. The summed E-state index contributed by atoms with van der Waals surface area (Å²) in [6.07, 6.45) is 1.28. The molecule has 1 heterocycles. The molecule has 0 radical (unpaired) electrons. The van der Waals surface area contributed by atoms with Crippen LogP contribution in [-0.4, -0.2) is 29.8 Å². The highest BCUT2D eigenvalue weighted by atomic mass is 16.5. The van der Waals surface area contributed by atoms with Crippen molar-refractivity contribution in [3.63, 3.8) is 0 Å². The summed E-state index contributed by atoms with van der Waals surface area (Å²) in [7, 11) is 3.00. The second kappa shape index (κ2) is 6.41. The molecule has 7 nitrogen and oxygen atoms in total. The minimum absolute atomic E-state index is 0.327. The summed E-state index contributed by atoms with van der Waals surface area (Å²) in [6.45, 7) is 0. The molecule has 24 heavy (non-hydrogen) atoms. The van der Waals surface area contributed by atoms with Gasteiger partial charge in [-0.3, -0.25) is 15.0 Å². The Balaban J connectivity index is 1.93. The first kappa shape index (κ1) is 15.5. The fourth-order valence-electron chi connectivity index (χ4n) is 2.30. The number of carbonyl (C=O) groups excluding carboxylic acids is 1. The van der Waals surface area contributed by atoms with E-state index in [1.807, 2.05) is 0 Å². The summed E-state index contributed by atoms with van der Waals surface area (Å²) in [5, 5.41) is 0.424. The Bertz CT molecular complexity index is 965. The number of para-hydroxylation sites is 1. The van der Waals surface area contributed by atoms with Crippen LogP contribution < -0.4 is 20.5 Å². The number of hydrogen-bond acceptors (Lipinski definition) is 5. The van der Waals surface area contributed by atoms with Gasteiger partial charge in [0.15, 0.2) is 11.5 Å². The molecule has 0 fully saturated rings. The minimum Gasteiger partial charge on any atom is -0.493 e. The molecular weight excluding hydrogens is 310 g/mol. The predicted octanol–water partition coefficient (Wildman–Crippen LogP) is 1.80. The largest absolute Gasteiger partial charge is 0.493 e. The van der Waals surface area contributed by atoms with Gasteiger partial charge in [-0.1, -0.05) is 12.1 Å². The van der Waals surface area contributed by atoms with E-state index in [0.717, 1.165) is 4.68 Å². The molecule has 7 heteroatoms. The highest BCUT2D eigenvalue weighted by molar-refractivity contribution is 6.00. The molecule has 0 saturated heterocycles. The topological polar surface area (TPSA) is 82.5 Å². The molecule has 1 amide bonds. The Labute approximate surface area is 137 Å². The molecule has 2 aromatic carbocycles. The van der Waals surface area contributed by atoms with Crippen molar-refractivity contribution in [1.29, 1.82) is 0 Å². The molecule has 0 aliphatic rings. The van der Waals surface area contributed by atoms with Crippen LogP contribution in [0.4, 0.5) is 0 Å². The molecule has 1 N–H and O–H groups in total. The van der Waals surface area contributed by atoms with Crippen molar-refractivity contribution in [2.45, 2.75) is 0 Å². The minimum atomic E-state index is -0.463. The van der Waals surface area contributed by atoms with Crippen LogP contribution in [0.15, 0.2) is 53.6 Å². The average Bonchev–Trinajstić information content (AvgIpc) is 2.63. The SMILES string of the molecule is COc1ccc(C(=O)Nn2cnc3ccccc3c2=O)cc1OC. The van der Waals surface area contributed by atoms with Crippen LogP contribution >= 0.6 is 0 Å². The van der Waals surface area contributed by atoms with E-state index in [0.29, 0.717) is 28.0 Å². The number of ether oxygens (including phenoxy) is 2. The zero-order chi connectivity index (χ0) is 17.1. The fraction of sp³-hybridized carbons (Fsp3) is 0.118. The van der Waals surface area contributed by atoms with E-state index in [1.54, 1.807) is 36.4 Å². The Morgan fingerprint density at radius 3 is 2.58 bits per heavy atom. The molecule has 3 rings (SSSR count). The van der Waals surface area contributed by atoms with Gasteiger partial charge in [-0.15, -0.1) is 0 Å². The van der Waals surface area contributed by atoms with Crippen molar-refractivity contribution in [3.05, 3.63) is 64.7 Å². The molecule has 0 aliphatic carbocycles. The molecule has 0 atom stereocenters. The monoisotopic (exact) mass is 325 g/mol. The smallest absolute Gasteiger partial charge is 0.280 e.